The van der Waals surface area contributed by atoms with Gasteiger partial charge in [0.25, 0.3) is 0 Å². The third-order valence-corrected chi connectivity index (χ3v) is 5.42. The van der Waals surface area contributed by atoms with E-state index in [1.165, 1.54) is 23.1 Å². The van der Waals surface area contributed by atoms with Gasteiger partial charge >= 0.3 is 5.97 Å². The summed E-state index contributed by atoms with van der Waals surface area (Å²) in [5.41, 5.74) is 1.31. The van der Waals surface area contributed by atoms with Gasteiger partial charge in [0.2, 0.25) is 5.91 Å². The van der Waals surface area contributed by atoms with Crippen LogP contribution in [0.1, 0.15) is 12.1 Å². The van der Waals surface area contributed by atoms with E-state index in [0.29, 0.717) is 32.9 Å². The second kappa shape index (κ2) is 9.43. The number of thioether (sulfide) groups is 1. The van der Waals surface area contributed by atoms with Crippen molar-refractivity contribution < 1.29 is 14.7 Å². The maximum atomic E-state index is 12.1. The number of thiazole rings is 1. The molecule has 1 atom stereocenters. The van der Waals surface area contributed by atoms with Crippen LogP contribution in [0.3, 0.4) is 0 Å². The summed E-state index contributed by atoms with van der Waals surface area (Å²) in [5.74, 6) is -0.741. The molecule has 5 nitrogen and oxygen atoms in total. The first-order valence-corrected chi connectivity index (χ1v) is 10.3. The van der Waals surface area contributed by atoms with Gasteiger partial charge in [-0.2, -0.15) is 11.8 Å². The van der Waals surface area contributed by atoms with Crippen LogP contribution in [0.2, 0.25) is 10.0 Å². The number of benzene rings is 1. The number of carbonyl (C=O) groups excluding carboxylic acids is 1. The molecule has 1 aromatic heterocycles. The normalized spacial score (nSPS) is 12.0. The van der Waals surface area contributed by atoms with E-state index in [1.807, 2.05) is 6.26 Å². The number of hydrogen-bond donors (Lipinski definition) is 2. The Morgan fingerprint density at radius 3 is 2.80 bits per heavy atom. The first-order chi connectivity index (χ1) is 11.9. The summed E-state index contributed by atoms with van der Waals surface area (Å²) in [5, 5.41) is 15.2. The topological polar surface area (TPSA) is 79.3 Å². The lowest BCUT2D eigenvalue weighted by Crippen LogP contribution is -2.41. The monoisotopic (exact) mass is 418 g/mol. The zero-order valence-corrected chi connectivity index (χ0v) is 16.4. The minimum absolute atomic E-state index is 0.0186. The molecule has 2 N–H and O–H groups in total. The molecule has 2 rings (SSSR count). The molecule has 0 saturated heterocycles. The van der Waals surface area contributed by atoms with Crippen LogP contribution < -0.4 is 5.32 Å². The number of carboxylic acids is 1. The molecule has 9 heteroatoms. The van der Waals surface area contributed by atoms with E-state index in [-0.39, 0.29) is 12.3 Å². The first-order valence-electron chi connectivity index (χ1n) is 7.31. The van der Waals surface area contributed by atoms with E-state index in [0.717, 1.165) is 5.56 Å². The average Bonchev–Trinajstić information content (AvgIpc) is 2.99. The van der Waals surface area contributed by atoms with E-state index in [4.69, 9.17) is 28.3 Å². The molecule has 1 aromatic carbocycles. The Hall–Kier alpha value is -1.28. The number of rotatable bonds is 8. The molecular weight excluding hydrogens is 403 g/mol. The van der Waals surface area contributed by atoms with E-state index < -0.39 is 12.0 Å². The van der Waals surface area contributed by atoms with Crippen molar-refractivity contribution >= 4 is 58.2 Å². The molecule has 134 valence electrons. The van der Waals surface area contributed by atoms with Crippen molar-refractivity contribution in [3.63, 3.8) is 0 Å². The molecule has 0 radical (unpaired) electrons. The zero-order chi connectivity index (χ0) is 18.4. The largest absolute Gasteiger partial charge is 0.480 e. The maximum Gasteiger partial charge on any atom is 0.326 e. The fraction of sp³-hybridized carbons (Fsp3) is 0.312. The summed E-state index contributed by atoms with van der Waals surface area (Å²) in [6, 6.07) is 4.24. The van der Waals surface area contributed by atoms with E-state index in [2.05, 4.69) is 10.3 Å². The summed E-state index contributed by atoms with van der Waals surface area (Å²) >= 11 is 15.0. The Balaban J connectivity index is 2.02. The standard InChI is InChI=1S/C16H16Cl2N2O3S2/c1-24-5-4-13(16(22)23)20-14(21)7-10-8-25-15(19-10)11-3-2-9(17)6-12(11)18/h2-3,6,8,13H,4-5,7H2,1H3,(H,20,21)(H,22,23)/t13-/m1/s1. The van der Waals surface area contributed by atoms with Gasteiger partial charge in [-0.15, -0.1) is 11.3 Å². The van der Waals surface area contributed by atoms with Crippen LogP contribution in [0.5, 0.6) is 0 Å². The van der Waals surface area contributed by atoms with Crippen LogP contribution in [0.4, 0.5) is 0 Å². The second-order valence-electron chi connectivity index (χ2n) is 5.18. The van der Waals surface area contributed by atoms with E-state index in [1.54, 1.807) is 23.6 Å². The Kier molecular flexibility index (Phi) is 7.56. The number of nitrogens with zero attached hydrogens (tertiary/aromatic N) is 1. The quantitative estimate of drug-likeness (QED) is 0.677. The Bertz CT molecular complexity index is 768. The van der Waals surface area contributed by atoms with Crippen molar-refractivity contribution in [3.8, 4) is 10.6 Å². The van der Waals surface area contributed by atoms with Gasteiger partial charge in [0.1, 0.15) is 11.0 Å². The maximum absolute atomic E-state index is 12.1. The number of halogens is 2. The number of amides is 1. The molecule has 2 aromatic rings. The van der Waals surface area contributed by atoms with Crippen molar-refractivity contribution in [2.24, 2.45) is 0 Å². The number of carbonyl (C=O) groups is 2. The molecule has 0 aliphatic rings. The van der Waals surface area contributed by atoms with Gasteiger partial charge in [-0.3, -0.25) is 4.79 Å². The minimum Gasteiger partial charge on any atom is -0.480 e. The molecule has 0 bridgehead atoms. The van der Waals surface area contributed by atoms with Crippen molar-refractivity contribution in [1.82, 2.24) is 10.3 Å². The summed E-state index contributed by atoms with van der Waals surface area (Å²) in [4.78, 5) is 27.7. The SMILES string of the molecule is CSCC[C@@H](NC(=O)Cc1csc(-c2ccc(Cl)cc2Cl)n1)C(=O)O. The second-order valence-corrected chi connectivity index (χ2v) is 7.87. The molecule has 0 aliphatic heterocycles. The zero-order valence-electron chi connectivity index (χ0n) is 13.3. The molecule has 0 saturated carbocycles. The molecule has 0 spiro atoms. The van der Waals surface area contributed by atoms with Crippen molar-refractivity contribution in [2.75, 3.05) is 12.0 Å². The summed E-state index contributed by atoms with van der Waals surface area (Å²) in [6.07, 6.45) is 2.29. The van der Waals surface area contributed by atoms with Crippen LogP contribution in [0.15, 0.2) is 23.6 Å². The van der Waals surface area contributed by atoms with Gasteiger partial charge in [-0.1, -0.05) is 23.2 Å². The summed E-state index contributed by atoms with van der Waals surface area (Å²) in [7, 11) is 0. The highest BCUT2D eigenvalue weighted by molar-refractivity contribution is 7.98. The van der Waals surface area contributed by atoms with Gasteiger partial charge < -0.3 is 10.4 Å². The Morgan fingerprint density at radius 2 is 2.16 bits per heavy atom. The van der Waals surface area contributed by atoms with Gasteiger partial charge in [-0.05, 0) is 36.6 Å². The van der Waals surface area contributed by atoms with Crippen molar-refractivity contribution in [1.29, 1.82) is 0 Å². The third kappa shape index (κ3) is 5.88. The lowest BCUT2D eigenvalue weighted by molar-refractivity contribution is -0.141. The predicted octanol–water partition coefficient (Wildman–Crippen LogP) is 3.98. The first kappa shape index (κ1) is 20.0. The molecule has 0 aliphatic carbocycles. The van der Waals surface area contributed by atoms with Gasteiger partial charge in [0.05, 0.1) is 17.1 Å². The van der Waals surface area contributed by atoms with Crippen LogP contribution >= 0.6 is 46.3 Å². The van der Waals surface area contributed by atoms with Crippen LogP contribution in [0, 0.1) is 0 Å². The van der Waals surface area contributed by atoms with Crippen LogP contribution in [-0.2, 0) is 16.0 Å². The highest BCUT2D eigenvalue weighted by atomic mass is 35.5. The van der Waals surface area contributed by atoms with Crippen molar-refractivity contribution in [2.45, 2.75) is 18.9 Å². The molecule has 0 unspecified atom stereocenters. The fourth-order valence-corrected chi connectivity index (χ4v) is 3.96. The summed E-state index contributed by atoms with van der Waals surface area (Å²) < 4.78 is 0. The highest BCUT2D eigenvalue weighted by Crippen LogP contribution is 2.32. The Labute approximate surface area is 163 Å². The van der Waals surface area contributed by atoms with Gasteiger partial charge in [0.15, 0.2) is 0 Å². The minimum atomic E-state index is -1.03. The third-order valence-electron chi connectivity index (χ3n) is 3.30. The highest BCUT2D eigenvalue weighted by Gasteiger charge is 2.20. The lowest BCUT2D eigenvalue weighted by atomic mass is 10.2. The molecule has 1 amide bonds. The van der Waals surface area contributed by atoms with Gasteiger partial charge in [0, 0.05) is 16.0 Å². The van der Waals surface area contributed by atoms with Crippen LogP contribution in [-0.4, -0.2) is 40.0 Å². The van der Waals surface area contributed by atoms with E-state index >= 15 is 0 Å². The lowest BCUT2D eigenvalue weighted by Gasteiger charge is -2.13. The Morgan fingerprint density at radius 1 is 1.40 bits per heavy atom. The molecule has 1 heterocycles. The van der Waals surface area contributed by atoms with Crippen LogP contribution in [0.25, 0.3) is 10.6 Å². The number of nitrogens with one attached hydrogen (secondary N) is 1. The molecule has 25 heavy (non-hydrogen) atoms. The average molecular weight is 419 g/mol. The van der Waals surface area contributed by atoms with Crippen molar-refractivity contribution in [3.05, 3.63) is 39.3 Å². The number of carboxylic acid groups (broad SMARTS) is 1. The van der Waals surface area contributed by atoms with Gasteiger partial charge in [-0.25, -0.2) is 9.78 Å². The molecule has 0 fully saturated rings. The summed E-state index contributed by atoms with van der Waals surface area (Å²) in [6.45, 7) is 0. The fourth-order valence-electron chi connectivity index (χ4n) is 2.08. The van der Waals surface area contributed by atoms with E-state index in [9.17, 15) is 9.59 Å². The number of aliphatic carboxylic acids is 1. The number of aromatic nitrogens is 1. The number of hydrogen-bond acceptors (Lipinski definition) is 5. The predicted molar refractivity (Wildman–Crippen MR) is 104 cm³/mol. The molecular formula is C16H16Cl2N2O3S2. The smallest absolute Gasteiger partial charge is 0.326 e.